The summed E-state index contributed by atoms with van der Waals surface area (Å²) >= 11 is 1.28. The van der Waals surface area contributed by atoms with E-state index in [9.17, 15) is 19.8 Å². The summed E-state index contributed by atoms with van der Waals surface area (Å²) in [5, 5.41) is 25.2. The molecule has 8 heteroatoms. The van der Waals surface area contributed by atoms with Crippen molar-refractivity contribution >= 4 is 28.3 Å². The fourth-order valence-corrected chi connectivity index (χ4v) is 2.95. The number of nitrogens with one attached hydrogen (secondary N) is 1. The molecule has 6 nitrogen and oxygen atoms in total. The quantitative estimate of drug-likeness (QED) is 0.396. The van der Waals surface area contributed by atoms with Crippen molar-refractivity contribution in [2.24, 2.45) is 0 Å². The number of hydrogen-bond acceptors (Lipinski definition) is 6. The van der Waals surface area contributed by atoms with E-state index < -0.39 is 4.92 Å². The van der Waals surface area contributed by atoms with Gasteiger partial charge in [0, 0.05) is 35.0 Å². The van der Waals surface area contributed by atoms with Crippen LogP contribution in [0.25, 0.3) is 16.8 Å². The van der Waals surface area contributed by atoms with Crippen molar-refractivity contribution in [3.63, 3.8) is 0 Å². The van der Waals surface area contributed by atoms with Crippen molar-refractivity contribution in [3.8, 4) is 17.3 Å². The maximum Gasteiger partial charge on any atom is 0.269 e. The Bertz CT molecular complexity index is 1020. The third-order valence-corrected chi connectivity index (χ3v) is 4.31. The molecule has 0 aliphatic rings. The van der Waals surface area contributed by atoms with Crippen LogP contribution in [0.1, 0.15) is 5.01 Å². The van der Waals surface area contributed by atoms with Crippen LogP contribution in [0.4, 0.5) is 15.8 Å². The second-order valence-electron chi connectivity index (χ2n) is 5.17. The second-order valence-corrected chi connectivity index (χ2v) is 6.02. The lowest BCUT2D eigenvalue weighted by atomic mass is 10.1. The highest BCUT2D eigenvalue weighted by atomic mass is 32.1. The van der Waals surface area contributed by atoms with Crippen molar-refractivity contribution in [1.82, 2.24) is 4.98 Å². The van der Waals surface area contributed by atoms with E-state index in [2.05, 4.69) is 16.4 Å². The highest BCUT2D eigenvalue weighted by Crippen LogP contribution is 2.27. The van der Waals surface area contributed by atoms with E-state index in [0.29, 0.717) is 27.5 Å². The summed E-state index contributed by atoms with van der Waals surface area (Å²) in [5.74, 6) is -0.378. The second kappa shape index (κ2) is 7.55. The summed E-state index contributed by atoms with van der Waals surface area (Å²) in [5.41, 5.74) is 2.15. The smallest absolute Gasteiger partial charge is 0.269 e. The molecule has 1 heterocycles. The van der Waals surface area contributed by atoms with E-state index in [1.165, 1.54) is 41.8 Å². The van der Waals surface area contributed by atoms with E-state index in [1.807, 2.05) is 0 Å². The SMILES string of the molecule is N#CC(=CNc1cccc(F)c1)c1nc(-c2ccc([N+](=O)[O-])cc2)cs1. The van der Waals surface area contributed by atoms with Gasteiger partial charge in [-0.25, -0.2) is 9.37 Å². The molecule has 0 atom stereocenters. The topological polar surface area (TPSA) is 91.8 Å². The zero-order valence-corrected chi connectivity index (χ0v) is 14.0. The number of nitriles is 1. The minimum Gasteiger partial charge on any atom is -0.360 e. The molecule has 0 bridgehead atoms. The molecule has 3 aromatic rings. The molecule has 26 heavy (non-hydrogen) atoms. The number of hydrogen-bond donors (Lipinski definition) is 1. The van der Waals surface area contributed by atoms with E-state index in [4.69, 9.17) is 0 Å². The number of nitro groups is 1. The fourth-order valence-electron chi connectivity index (χ4n) is 2.16. The minimum absolute atomic E-state index is 0.00102. The van der Waals surface area contributed by atoms with Crippen LogP contribution >= 0.6 is 11.3 Å². The first-order chi connectivity index (χ1) is 12.6. The Morgan fingerprint density at radius 1 is 1.31 bits per heavy atom. The van der Waals surface area contributed by atoms with Crippen molar-refractivity contribution in [2.75, 3.05) is 5.32 Å². The number of allylic oxidation sites excluding steroid dienone is 1. The lowest BCUT2D eigenvalue weighted by molar-refractivity contribution is -0.384. The van der Waals surface area contributed by atoms with Gasteiger partial charge in [-0.05, 0) is 30.3 Å². The number of nitrogens with zero attached hydrogens (tertiary/aromatic N) is 3. The average molecular weight is 366 g/mol. The Kier molecular flexibility index (Phi) is 5.01. The van der Waals surface area contributed by atoms with Crippen LogP contribution in [0.5, 0.6) is 0 Å². The zero-order chi connectivity index (χ0) is 18.5. The molecule has 1 N–H and O–H groups in total. The number of thiazole rings is 1. The molecule has 0 fully saturated rings. The molecule has 0 unspecified atom stereocenters. The van der Waals surface area contributed by atoms with Crippen LogP contribution in [-0.2, 0) is 0 Å². The Balaban J connectivity index is 1.81. The molecule has 0 saturated heterocycles. The summed E-state index contributed by atoms with van der Waals surface area (Å²) in [6, 6.07) is 14.0. The van der Waals surface area contributed by atoms with Crippen LogP contribution in [0.15, 0.2) is 60.1 Å². The van der Waals surface area contributed by atoms with Crippen LogP contribution in [-0.4, -0.2) is 9.91 Å². The predicted molar refractivity (Wildman–Crippen MR) is 97.8 cm³/mol. The van der Waals surface area contributed by atoms with Gasteiger partial charge in [-0.2, -0.15) is 5.26 Å². The maximum atomic E-state index is 13.2. The van der Waals surface area contributed by atoms with Gasteiger partial charge in [0.2, 0.25) is 0 Å². The Hall–Kier alpha value is -3.57. The largest absolute Gasteiger partial charge is 0.360 e. The van der Waals surface area contributed by atoms with E-state index >= 15 is 0 Å². The predicted octanol–water partition coefficient (Wildman–Crippen LogP) is 4.83. The summed E-state index contributed by atoms with van der Waals surface area (Å²) in [6.07, 6.45) is 1.47. The lowest BCUT2D eigenvalue weighted by Crippen LogP contribution is -1.91. The van der Waals surface area contributed by atoms with Crippen LogP contribution in [0.3, 0.4) is 0 Å². The van der Waals surface area contributed by atoms with Gasteiger partial charge >= 0.3 is 0 Å². The number of anilines is 1. The lowest BCUT2D eigenvalue weighted by Gasteiger charge is -2.01. The molecule has 0 amide bonds. The van der Waals surface area contributed by atoms with E-state index in [-0.39, 0.29) is 11.5 Å². The molecule has 3 rings (SSSR count). The molecule has 1 aromatic heterocycles. The molecule has 0 spiro atoms. The van der Waals surface area contributed by atoms with Crippen LogP contribution in [0.2, 0.25) is 0 Å². The number of halogens is 1. The van der Waals surface area contributed by atoms with Gasteiger partial charge in [0.15, 0.2) is 0 Å². The summed E-state index contributed by atoms with van der Waals surface area (Å²) in [4.78, 5) is 14.6. The number of non-ortho nitro benzene ring substituents is 1. The molecule has 2 aromatic carbocycles. The molecule has 0 aliphatic heterocycles. The number of benzene rings is 2. The van der Waals surface area contributed by atoms with Gasteiger partial charge < -0.3 is 5.32 Å². The number of aromatic nitrogens is 1. The van der Waals surface area contributed by atoms with Crippen molar-refractivity contribution in [1.29, 1.82) is 5.26 Å². The van der Waals surface area contributed by atoms with Crippen LogP contribution < -0.4 is 5.32 Å². The standard InChI is InChI=1S/C18H11FN4O2S/c19-14-2-1-3-15(8-14)21-10-13(9-20)18-22-17(11-26-18)12-4-6-16(7-5-12)23(24)25/h1-8,10-11,21H. The Labute approximate surface area is 152 Å². The van der Waals surface area contributed by atoms with Crippen molar-refractivity contribution in [2.45, 2.75) is 0 Å². The molecular formula is C18H11FN4O2S. The first-order valence-electron chi connectivity index (χ1n) is 7.40. The molecular weight excluding hydrogens is 355 g/mol. The Morgan fingerprint density at radius 3 is 2.73 bits per heavy atom. The van der Waals surface area contributed by atoms with Gasteiger partial charge in [0.1, 0.15) is 22.5 Å². The zero-order valence-electron chi connectivity index (χ0n) is 13.2. The molecule has 0 radical (unpaired) electrons. The van der Waals surface area contributed by atoms with Crippen LogP contribution in [0, 0.1) is 27.3 Å². The van der Waals surface area contributed by atoms with Gasteiger partial charge in [-0.3, -0.25) is 10.1 Å². The van der Waals surface area contributed by atoms with Gasteiger partial charge in [-0.1, -0.05) is 6.07 Å². The first kappa shape index (κ1) is 17.3. The summed E-state index contributed by atoms with van der Waals surface area (Å²) in [7, 11) is 0. The minimum atomic E-state index is -0.467. The fraction of sp³-hybridized carbons (Fsp3) is 0. The highest BCUT2D eigenvalue weighted by Gasteiger charge is 2.11. The summed E-state index contributed by atoms with van der Waals surface area (Å²) in [6.45, 7) is 0. The van der Waals surface area contributed by atoms with E-state index in [0.717, 1.165) is 0 Å². The average Bonchev–Trinajstić information content (AvgIpc) is 3.12. The number of nitro benzene ring substituents is 1. The molecule has 0 aliphatic carbocycles. The first-order valence-corrected chi connectivity index (χ1v) is 8.28. The van der Waals surface area contributed by atoms with Gasteiger partial charge in [0.05, 0.1) is 10.6 Å². The van der Waals surface area contributed by atoms with E-state index in [1.54, 1.807) is 29.6 Å². The van der Waals surface area contributed by atoms with Crippen molar-refractivity contribution < 1.29 is 9.31 Å². The summed E-state index contributed by atoms with van der Waals surface area (Å²) < 4.78 is 13.2. The van der Waals surface area contributed by atoms with Crippen molar-refractivity contribution in [3.05, 3.63) is 81.1 Å². The number of rotatable bonds is 5. The molecule has 128 valence electrons. The monoisotopic (exact) mass is 366 g/mol. The molecule has 0 saturated carbocycles. The third-order valence-electron chi connectivity index (χ3n) is 3.44. The normalized spacial score (nSPS) is 11.0. The van der Waals surface area contributed by atoms with Gasteiger partial charge in [0.25, 0.3) is 5.69 Å². The highest BCUT2D eigenvalue weighted by molar-refractivity contribution is 7.11. The third kappa shape index (κ3) is 3.91. The maximum absolute atomic E-state index is 13.2. The Morgan fingerprint density at radius 2 is 2.08 bits per heavy atom. The van der Waals surface area contributed by atoms with Gasteiger partial charge in [-0.15, -0.1) is 11.3 Å².